The number of hydrogen-bond acceptors (Lipinski definition) is 6. The van der Waals surface area contributed by atoms with Crippen molar-refractivity contribution in [3.05, 3.63) is 58.1 Å². The van der Waals surface area contributed by atoms with Gasteiger partial charge < -0.3 is 14.8 Å². The maximum absolute atomic E-state index is 13.8. The molecule has 4 rings (SSSR count). The number of carbonyl (C=O) groups excluding carboxylic acids is 2. The standard InChI is InChI=1S/C29H34F2N2O4S/c1-4-5-13-37-17-18-9-11-19(12-10-18)27-33-24-15-22(28(35)36-3)23(16-25(24)38-27)32-26(34)20-7-6-8-21(14-20)29(2,30)31/h6-8,14-16,18-19H,4-5,9-13,17H2,1-3H3,(H,32,34). The number of carbonyl (C=O) groups is 2. The quantitative estimate of drug-likeness (QED) is 0.211. The van der Waals surface area contributed by atoms with Crippen molar-refractivity contribution in [3.8, 4) is 0 Å². The second kappa shape index (κ2) is 12.3. The van der Waals surface area contributed by atoms with Crippen molar-refractivity contribution in [2.75, 3.05) is 25.6 Å². The molecule has 1 heterocycles. The first-order valence-corrected chi connectivity index (χ1v) is 13.9. The van der Waals surface area contributed by atoms with E-state index in [0.29, 0.717) is 17.4 Å². The molecule has 1 N–H and O–H groups in total. The van der Waals surface area contributed by atoms with Gasteiger partial charge >= 0.3 is 5.97 Å². The lowest BCUT2D eigenvalue weighted by molar-refractivity contribution is 0.0174. The molecule has 0 saturated heterocycles. The van der Waals surface area contributed by atoms with Gasteiger partial charge in [0.15, 0.2) is 0 Å². The van der Waals surface area contributed by atoms with Gasteiger partial charge in [-0.2, -0.15) is 0 Å². The molecule has 0 unspecified atom stereocenters. The van der Waals surface area contributed by atoms with Crippen molar-refractivity contribution in [3.63, 3.8) is 0 Å². The van der Waals surface area contributed by atoms with E-state index in [-0.39, 0.29) is 22.4 Å². The summed E-state index contributed by atoms with van der Waals surface area (Å²) in [7, 11) is 1.27. The van der Waals surface area contributed by atoms with Crippen LogP contribution in [0.3, 0.4) is 0 Å². The van der Waals surface area contributed by atoms with Crippen LogP contribution in [0.1, 0.15) is 89.6 Å². The number of halogens is 2. The smallest absolute Gasteiger partial charge is 0.340 e. The van der Waals surface area contributed by atoms with Crippen molar-refractivity contribution >= 4 is 39.1 Å². The van der Waals surface area contributed by atoms with E-state index in [0.717, 1.165) is 74.4 Å². The topological polar surface area (TPSA) is 77.5 Å². The van der Waals surface area contributed by atoms with Crippen molar-refractivity contribution < 1.29 is 27.8 Å². The maximum Gasteiger partial charge on any atom is 0.340 e. The summed E-state index contributed by atoms with van der Waals surface area (Å²) in [6.45, 7) is 4.58. The Hall–Kier alpha value is -2.91. The van der Waals surface area contributed by atoms with E-state index in [1.54, 1.807) is 23.5 Å². The zero-order chi connectivity index (χ0) is 27.3. The molecule has 204 valence electrons. The second-order valence-electron chi connectivity index (χ2n) is 9.98. The molecule has 9 heteroatoms. The molecule has 1 aliphatic rings. The molecule has 0 radical (unpaired) electrons. The summed E-state index contributed by atoms with van der Waals surface area (Å²) in [6.07, 6.45) is 6.49. The number of aromatic nitrogens is 1. The van der Waals surface area contributed by atoms with Gasteiger partial charge in [0.25, 0.3) is 11.8 Å². The first kappa shape index (κ1) is 28.1. The second-order valence-corrected chi connectivity index (χ2v) is 11.0. The van der Waals surface area contributed by atoms with Crippen LogP contribution >= 0.6 is 11.3 Å². The van der Waals surface area contributed by atoms with E-state index in [1.165, 1.54) is 25.3 Å². The Kier molecular flexibility index (Phi) is 9.10. The van der Waals surface area contributed by atoms with Crippen LogP contribution in [0.15, 0.2) is 36.4 Å². The summed E-state index contributed by atoms with van der Waals surface area (Å²) in [4.78, 5) is 30.3. The Bertz CT molecular complexity index is 1280. The number of rotatable bonds is 10. The molecule has 2 aromatic carbocycles. The molecule has 1 aliphatic carbocycles. The number of anilines is 1. The van der Waals surface area contributed by atoms with E-state index in [1.807, 2.05) is 0 Å². The minimum atomic E-state index is -3.08. The highest BCUT2D eigenvalue weighted by Gasteiger charge is 2.27. The predicted octanol–water partition coefficient (Wildman–Crippen LogP) is 7.54. The summed E-state index contributed by atoms with van der Waals surface area (Å²) < 4.78 is 39.1. The van der Waals surface area contributed by atoms with Crippen molar-refractivity contribution in [1.82, 2.24) is 4.98 Å². The van der Waals surface area contributed by atoms with E-state index >= 15 is 0 Å². The van der Waals surface area contributed by atoms with Crippen molar-refractivity contribution in [1.29, 1.82) is 0 Å². The molecule has 6 nitrogen and oxygen atoms in total. The zero-order valence-electron chi connectivity index (χ0n) is 22.0. The van der Waals surface area contributed by atoms with E-state index < -0.39 is 17.8 Å². The minimum absolute atomic E-state index is 0.0698. The molecule has 0 spiro atoms. The van der Waals surface area contributed by atoms with Crippen LogP contribution in [0.5, 0.6) is 0 Å². The Morgan fingerprint density at radius 3 is 2.61 bits per heavy atom. The molecule has 1 fully saturated rings. The summed E-state index contributed by atoms with van der Waals surface area (Å²) in [6, 6.07) is 8.63. The number of esters is 1. The Morgan fingerprint density at radius 1 is 1.16 bits per heavy atom. The Labute approximate surface area is 225 Å². The number of alkyl halides is 2. The van der Waals surface area contributed by atoms with Crippen LogP contribution in [-0.2, 0) is 15.4 Å². The first-order valence-electron chi connectivity index (χ1n) is 13.1. The van der Waals surface area contributed by atoms with Gasteiger partial charge in [0.05, 0.1) is 33.6 Å². The molecule has 0 atom stereocenters. The van der Waals surface area contributed by atoms with Gasteiger partial charge in [-0.05, 0) is 62.3 Å². The lowest BCUT2D eigenvalue weighted by atomic mass is 9.83. The molecule has 3 aromatic rings. The SMILES string of the molecule is CCCCOCC1CCC(c2nc3cc(C(=O)OC)c(NC(=O)c4cccc(C(C)(F)F)c4)cc3s2)CC1. The first-order chi connectivity index (χ1) is 18.2. The average molecular weight is 545 g/mol. The summed E-state index contributed by atoms with van der Waals surface area (Å²) in [5.74, 6) is -3.36. The number of benzene rings is 2. The molecule has 1 saturated carbocycles. The van der Waals surface area contributed by atoms with E-state index in [9.17, 15) is 18.4 Å². The minimum Gasteiger partial charge on any atom is -0.465 e. The monoisotopic (exact) mass is 544 g/mol. The highest BCUT2D eigenvalue weighted by Crippen LogP contribution is 2.40. The zero-order valence-corrected chi connectivity index (χ0v) is 22.8. The van der Waals surface area contributed by atoms with Crippen LogP contribution in [0, 0.1) is 5.92 Å². The van der Waals surface area contributed by atoms with Crippen molar-refractivity contribution in [2.24, 2.45) is 5.92 Å². The number of amides is 1. The van der Waals surface area contributed by atoms with Gasteiger partial charge in [0, 0.05) is 37.2 Å². The molecular weight excluding hydrogens is 510 g/mol. The normalized spacial score (nSPS) is 17.9. The highest BCUT2D eigenvalue weighted by atomic mass is 32.1. The molecule has 38 heavy (non-hydrogen) atoms. The molecule has 1 amide bonds. The fourth-order valence-electron chi connectivity index (χ4n) is 4.75. The fraction of sp³-hybridized carbons (Fsp3) is 0.483. The lowest BCUT2D eigenvalue weighted by Gasteiger charge is -2.27. The third kappa shape index (κ3) is 6.74. The molecule has 0 bridgehead atoms. The van der Waals surface area contributed by atoms with Crippen molar-refractivity contribution in [2.45, 2.75) is 64.2 Å². The Balaban J connectivity index is 1.52. The number of unbranched alkanes of at least 4 members (excludes halogenated alkanes) is 1. The number of nitrogens with one attached hydrogen (secondary N) is 1. The highest BCUT2D eigenvalue weighted by molar-refractivity contribution is 7.18. The number of nitrogens with zero attached hydrogens (tertiary/aromatic N) is 1. The van der Waals surface area contributed by atoms with Crippen LogP contribution in [0.2, 0.25) is 0 Å². The van der Waals surface area contributed by atoms with Gasteiger partial charge in [-0.25, -0.2) is 18.6 Å². The van der Waals surface area contributed by atoms with Crippen LogP contribution < -0.4 is 5.32 Å². The number of ether oxygens (including phenoxy) is 2. The molecule has 0 aliphatic heterocycles. The lowest BCUT2D eigenvalue weighted by Crippen LogP contribution is -2.18. The van der Waals surface area contributed by atoms with E-state index in [4.69, 9.17) is 14.5 Å². The van der Waals surface area contributed by atoms with Gasteiger partial charge in [-0.15, -0.1) is 11.3 Å². The summed E-state index contributed by atoms with van der Waals surface area (Å²) in [5.41, 5.74) is 0.894. The number of hydrogen-bond donors (Lipinski definition) is 1. The number of methoxy groups -OCH3 is 1. The van der Waals surface area contributed by atoms with Gasteiger partial charge in [0.1, 0.15) is 0 Å². The number of thiazole rings is 1. The maximum atomic E-state index is 13.8. The van der Waals surface area contributed by atoms with Crippen LogP contribution in [0.4, 0.5) is 14.5 Å². The van der Waals surface area contributed by atoms with E-state index in [2.05, 4.69) is 12.2 Å². The third-order valence-electron chi connectivity index (χ3n) is 7.02. The summed E-state index contributed by atoms with van der Waals surface area (Å²) >= 11 is 1.56. The molecule has 1 aromatic heterocycles. The van der Waals surface area contributed by atoms with Gasteiger partial charge in [-0.3, -0.25) is 4.79 Å². The average Bonchev–Trinajstić information content (AvgIpc) is 3.33. The van der Waals surface area contributed by atoms with Crippen LogP contribution in [-0.4, -0.2) is 37.2 Å². The van der Waals surface area contributed by atoms with Crippen LogP contribution in [0.25, 0.3) is 10.2 Å². The third-order valence-corrected chi connectivity index (χ3v) is 8.20. The molecular formula is C29H34F2N2O4S. The fourth-order valence-corrected chi connectivity index (χ4v) is 5.91. The van der Waals surface area contributed by atoms with Gasteiger partial charge in [0.2, 0.25) is 0 Å². The largest absolute Gasteiger partial charge is 0.465 e. The number of fused-ring (bicyclic) bond motifs is 1. The van der Waals surface area contributed by atoms with Gasteiger partial charge in [-0.1, -0.05) is 25.5 Å². The Morgan fingerprint density at radius 2 is 1.92 bits per heavy atom. The summed E-state index contributed by atoms with van der Waals surface area (Å²) in [5, 5.41) is 3.73. The predicted molar refractivity (Wildman–Crippen MR) is 145 cm³/mol.